The maximum atomic E-state index is 11.2. The Kier molecular flexibility index (Phi) is 6.19. The first-order chi connectivity index (χ1) is 15.4. The molecule has 1 fully saturated rings. The van der Waals surface area contributed by atoms with Crippen molar-refractivity contribution in [2.45, 2.75) is 38.0 Å². The Labute approximate surface area is 182 Å². The highest BCUT2D eigenvalue weighted by Gasteiger charge is 2.44. The van der Waals surface area contributed by atoms with E-state index in [1.54, 1.807) is 18.2 Å². The maximum Gasteiger partial charge on any atom is 0.308 e. The number of imidazole rings is 1. The van der Waals surface area contributed by atoms with Crippen molar-refractivity contribution in [2.24, 2.45) is 0 Å². The lowest BCUT2D eigenvalue weighted by Gasteiger charge is -2.16. The first kappa shape index (κ1) is 21.9. The molecule has 0 spiro atoms. The third-order valence-corrected chi connectivity index (χ3v) is 5.09. The van der Waals surface area contributed by atoms with Crippen LogP contribution in [0.4, 0.5) is 5.82 Å². The first-order valence-electron chi connectivity index (χ1n) is 9.82. The smallest absolute Gasteiger partial charge is 0.308 e. The lowest BCUT2D eigenvalue weighted by atomic mass is 10.1. The topological polar surface area (TPSA) is 161 Å². The molecule has 1 saturated heterocycles. The van der Waals surface area contributed by atoms with E-state index < -0.39 is 37.1 Å². The van der Waals surface area contributed by atoms with Gasteiger partial charge in [-0.05, 0) is 17.7 Å². The lowest BCUT2D eigenvalue weighted by Crippen LogP contribution is -2.33. The standard InChI is InChI=1S/C20H23N5O7/c1-10(27)31-12-4-3-11(5-13(12)30-2)6-21-18-15-19(23-8-22-18)25(9-24-15)20-17(29)16(28)14(7-26)32-20/h3-5,8-9,14,16-17,20,26,28-29H,6-7H2,1-2H3,(H,21,22,23)/t14-,16-,17-,20-/m1/s1. The Bertz CT molecular complexity index is 1120. The van der Waals surface area contributed by atoms with E-state index in [2.05, 4.69) is 20.3 Å². The van der Waals surface area contributed by atoms with Gasteiger partial charge in [-0.25, -0.2) is 15.0 Å². The van der Waals surface area contributed by atoms with Crippen LogP contribution in [0.1, 0.15) is 18.7 Å². The molecule has 0 aliphatic carbocycles. The van der Waals surface area contributed by atoms with E-state index in [9.17, 15) is 20.1 Å². The molecule has 32 heavy (non-hydrogen) atoms. The van der Waals surface area contributed by atoms with Crippen molar-refractivity contribution < 1.29 is 34.3 Å². The number of rotatable bonds is 7. The maximum absolute atomic E-state index is 11.2. The van der Waals surface area contributed by atoms with Gasteiger partial charge in [-0.15, -0.1) is 0 Å². The summed E-state index contributed by atoms with van der Waals surface area (Å²) in [6.07, 6.45) is -1.56. The van der Waals surface area contributed by atoms with Crippen molar-refractivity contribution in [3.05, 3.63) is 36.4 Å². The number of aromatic nitrogens is 4. The van der Waals surface area contributed by atoms with Crippen LogP contribution in [0.15, 0.2) is 30.9 Å². The number of benzene rings is 1. The van der Waals surface area contributed by atoms with Crippen molar-refractivity contribution in [3.8, 4) is 11.5 Å². The van der Waals surface area contributed by atoms with Crippen molar-refractivity contribution in [1.82, 2.24) is 19.5 Å². The molecule has 3 heterocycles. The quantitative estimate of drug-likeness (QED) is 0.286. The summed E-state index contributed by atoms with van der Waals surface area (Å²) in [5, 5.41) is 32.8. The number of carbonyl (C=O) groups excluding carboxylic acids is 1. The molecular weight excluding hydrogens is 422 g/mol. The molecule has 1 aromatic carbocycles. The van der Waals surface area contributed by atoms with Gasteiger partial charge in [0.05, 0.1) is 20.0 Å². The van der Waals surface area contributed by atoms with Crippen LogP contribution in [0, 0.1) is 0 Å². The van der Waals surface area contributed by atoms with E-state index in [0.29, 0.717) is 35.0 Å². The molecule has 0 unspecified atom stereocenters. The van der Waals surface area contributed by atoms with Crippen LogP contribution in [-0.4, -0.2) is 72.8 Å². The molecule has 0 amide bonds. The first-order valence-corrected chi connectivity index (χ1v) is 9.82. The Morgan fingerprint density at radius 3 is 2.72 bits per heavy atom. The van der Waals surface area contributed by atoms with E-state index in [4.69, 9.17) is 14.2 Å². The Balaban J connectivity index is 1.55. The number of methoxy groups -OCH3 is 1. The average molecular weight is 445 g/mol. The third-order valence-electron chi connectivity index (χ3n) is 5.09. The van der Waals surface area contributed by atoms with Crippen molar-refractivity contribution >= 4 is 23.0 Å². The minimum atomic E-state index is -1.25. The number of carbonyl (C=O) groups is 1. The number of nitrogens with one attached hydrogen (secondary N) is 1. The zero-order chi connectivity index (χ0) is 22.8. The zero-order valence-electron chi connectivity index (χ0n) is 17.4. The normalized spacial score (nSPS) is 22.8. The van der Waals surface area contributed by atoms with Crippen LogP contribution in [0.25, 0.3) is 11.2 Å². The molecule has 170 valence electrons. The van der Waals surface area contributed by atoms with Crippen LogP contribution in [0.3, 0.4) is 0 Å². The molecule has 1 aliphatic heterocycles. The van der Waals surface area contributed by atoms with Gasteiger partial charge in [-0.1, -0.05) is 6.07 Å². The molecule has 4 N–H and O–H groups in total. The molecule has 0 radical (unpaired) electrons. The van der Waals surface area contributed by atoms with E-state index >= 15 is 0 Å². The van der Waals surface area contributed by atoms with Crippen molar-refractivity contribution in [1.29, 1.82) is 0 Å². The van der Waals surface area contributed by atoms with Crippen LogP contribution in [-0.2, 0) is 16.1 Å². The molecule has 3 aromatic rings. The monoisotopic (exact) mass is 445 g/mol. The fourth-order valence-corrected chi connectivity index (χ4v) is 3.52. The molecule has 4 rings (SSSR count). The second-order valence-corrected chi connectivity index (χ2v) is 7.21. The number of hydrogen-bond acceptors (Lipinski definition) is 11. The molecule has 2 aromatic heterocycles. The zero-order valence-corrected chi connectivity index (χ0v) is 17.4. The van der Waals surface area contributed by atoms with E-state index in [1.807, 2.05) is 0 Å². The molecule has 4 atom stereocenters. The van der Waals surface area contributed by atoms with Crippen LogP contribution in [0.5, 0.6) is 11.5 Å². The fourth-order valence-electron chi connectivity index (χ4n) is 3.52. The SMILES string of the molecule is COc1cc(CNc2ncnc3c2ncn3[C@@H]2O[C@H](CO)[C@@H](O)[C@H]2O)ccc1OC(C)=O. The Morgan fingerprint density at radius 2 is 2.03 bits per heavy atom. The predicted octanol–water partition coefficient (Wildman–Crippen LogP) is -0.0162. The Hall–Kier alpha value is -3.32. The summed E-state index contributed by atoms with van der Waals surface area (Å²) in [6, 6.07) is 5.16. The number of anilines is 1. The van der Waals surface area contributed by atoms with Gasteiger partial charge in [0.25, 0.3) is 0 Å². The van der Waals surface area contributed by atoms with Crippen LogP contribution < -0.4 is 14.8 Å². The number of aliphatic hydroxyl groups is 3. The minimum absolute atomic E-state index is 0.324. The highest BCUT2D eigenvalue weighted by Crippen LogP contribution is 2.32. The lowest BCUT2D eigenvalue weighted by molar-refractivity contribution is -0.132. The predicted molar refractivity (Wildman–Crippen MR) is 110 cm³/mol. The molecule has 12 nitrogen and oxygen atoms in total. The van der Waals surface area contributed by atoms with Gasteiger partial charge in [0.15, 0.2) is 34.7 Å². The van der Waals surface area contributed by atoms with E-state index in [-0.39, 0.29) is 0 Å². The molecule has 0 saturated carbocycles. The second-order valence-electron chi connectivity index (χ2n) is 7.21. The van der Waals surface area contributed by atoms with Gasteiger partial charge >= 0.3 is 5.97 Å². The summed E-state index contributed by atoms with van der Waals surface area (Å²) in [7, 11) is 1.48. The molecule has 12 heteroatoms. The molecule has 0 bridgehead atoms. The Morgan fingerprint density at radius 1 is 1.22 bits per heavy atom. The number of hydrogen-bond donors (Lipinski definition) is 4. The average Bonchev–Trinajstić information content (AvgIpc) is 3.34. The molecule has 1 aliphatic rings. The summed E-state index contributed by atoms with van der Waals surface area (Å²) in [5.74, 6) is 0.747. The van der Waals surface area contributed by atoms with Gasteiger partial charge in [0.1, 0.15) is 24.6 Å². The van der Waals surface area contributed by atoms with Gasteiger partial charge < -0.3 is 34.8 Å². The third kappa shape index (κ3) is 4.08. The number of fused-ring (bicyclic) bond motifs is 1. The summed E-state index contributed by atoms with van der Waals surface area (Å²) in [4.78, 5) is 24.0. The summed E-state index contributed by atoms with van der Waals surface area (Å²) < 4.78 is 17.4. The number of nitrogens with zero attached hydrogens (tertiary/aromatic N) is 4. The van der Waals surface area contributed by atoms with E-state index in [1.165, 1.54) is 31.3 Å². The fraction of sp³-hybridized carbons (Fsp3) is 0.400. The van der Waals surface area contributed by atoms with E-state index in [0.717, 1.165) is 5.56 Å². The second kappa shape index (κ2) is 9.04. The van der Waals surface area contributed by atoms with Crippen LogP contribution in [0.2, 0.25) is 0 Å². The largest absolute Gasteiger partial charge is 0.493 e. The van der Waals surface area contributed by atoms with Crippen molar-refractivity contribution in [3.63, 3.8) is 0 Å². The highest BCUT2D eigenvalue weighted by molar-refractivity contribution is 5.82. The summed E-state index contributed by atoms with van der Waals surface area (Å²) in [5.41, 5.74) is 1.67. The summed E-state index contributed by atoms with van der Waals surface area (Å²) in [6.45, 7) is 1.25. The number of esters is 1. The van der Waals surface area contributed by atoms with Gasteiger partial charge in [0.2, 0.25) is 0 Å². The number of ether oxygens (including phenoxy) is 3. The number of aliphatic hydroxyl groups excluding tert-OH is 3. The van der Waals surface area contributed by atoms with Gasteiger partial charge in [-0.2, -0.15) is 0 Å². The van der Waals surface area contributed by atoms with Gasteiger partial charge in [0, 0.05) is 13.5 Å². The summed E-state index contributed by atoms with van der Waals surface area (Å²) >= 11 is 0. The highest BCUT2D eigenvalue weighted by atomic mass is 16.6. The van der Waals surface area contributed by atoms with Crippen LogP contribution >= 0.6 is 0 Å². The molecular formula is C20H23N5O7. The van der Waals surface area contributed by atoms with Gasteiger partial charge in [-0.3, -0.25) is 9.36 Å². The minimum Gasteiger partial charge on any atom is -0.493 e. The van der Waals surface area contributed by atoms with Crippen molar-refractivity contribution in [2.75, 3.05) is 19.0 Å².